The van der Waals surface area contributed by atoms with Crippen LogP contribution in [0, 0.1) is 5.82 Å². The number of thiophene rings is 1. The maximum absolute atomic E-state index is 14.3. The van der Waals surface area contributed by atoms with Gasteiger partial charge in [0, 0.05) is 17.6 Å². The molecule has 31 heavy (non-hydrogen) atoms. The summed E-state index contributed by atoms with van der Waals surface area (Å²) in [5.41, 5.74) is 2.25. The summed E-state index contributed by atoms with van der Waals surface area (Å²) >= 11 is 2.46. The van der Waals surface area contributed by atoms with E-state index in [0.717, 1.165) is 23.4 Å². The summed E-state index contributed by atoms with van der Waals surface area (Å²) in [7, 11) is 1.33. The number of nitrogens with zero attached hydrogens (tertiary/aromatic N) is 2. The lowest BCUT2D eigenvalue weighted by Crippen LogP contribution is -2.14. The third-order valence-corrected chi connectivity index (χ3v) is 6.00. The molecule has 0 aliphatic rings. The van der Waals surface area contributed by atoms with Crippen LogP contribution in [-0.4, -0.2) is 32.7 Å². The Labute approximate surface area is 184 Å². The van der Waals surface area contributed by atoms with E-state index >= 15 is 0 Å². The molecule has 0 fully saturated rings. The zero-order valence-electron chi connectivity index (χ0n) is 16.2. The summed E-state index contributed by atoms with van der Waals surface area (Å²) in [6.07, 6.45) is 0.0883. The Hall–Kier alpha value is -3.43. The molecule has 6 nitrogen and oxygen atoms in total. The van der Waals surface area contributed by atoms with Crippen LogP contribution in [-0.2, 0) is 11.2 Å². The van der Waals surface area contributed by atoms with Crippen molar-refractivity contribution in [2.45, 2.75) is 6.42 Å². The molecule has 0 radical (unpaired) electrons. The Morgan fingerprint density at radius 2 is 1.84 bits per heavy atom. The number of aliphatic carboxylic acids is 1. The number of ketones is 1. The Morgan fingerprint density at radius 3 is 2.52 bits per heavy atom. The number of Topliss-reactive ketones (excluding diaryl/α,β-unsaturated/α-hetero) is 1. The molecule has 0 bridgehead atoms. The minimum absolute atomic E-state index is 0.000133. The predicted molar refractivity (Wildman–Crippen MR) is 117 cm³/mol. The Balaban J connectivity index is 1.90. The predicted octanol–water partition coefficient (Wildman–Crippen LogP) is 4.86. The van der Waals surface area contributed by atoms with E-state index in [2.05, 4.69) is 8.75 Å². The van der Waals surface area contributed by atoms with Crippen molar-refractivity contribution in [1.82, 2.24) is 8.75 Å². The first-order valence-electron chi connectivity index (χ1n) is 9.06. The number of aromatic nitrogens is 2. The second-order valence-electron chi connectivity index (χ2n) is 6.61. The van der Waals surface area contributed by atoms with Crippen LogP contribution in [0.1, 0.15) is 21.5 Å². The number of ether oxygens (including phenoxy) is 1. The summed E-state index contributed by atoms with van der Waals surface area (Å²) in [5, 5.41) is 13.7. The van der Waals surface area contributed by atoms with Crippen LogP contribution < -0.4 is 4.74 Å². The van der Waals surface area contributed by atoms with Gasteiger partial charge in [0.2, 0.25) is 0 Å². The lowest BCUT2D eigenvalue weighted by atomic mass is 9.90. The van der Waals surface area contributed by atoms with Crippen LogP contribution in [0.5, 0.6) is 5.75 Å². The van der Waals surface area contributed by atoms with Gasteiger partial charge in [0.05, 0.1) is 24.4 Å². The number of benzene rings is 2. The third kappa shape index (κ3) is 4.23. The molecule has 1 N–H and O–H groups in total. The zero-order chi connectivity index (χ0) is 22.0. The van der Waals surface area contributed by atoms with Crippen molar-refractivity contribution in [2.24, 2.45) is 0 Å². The molecule has 0 spiro atoms. The van der Waals surface area contributed by atoms with Crippen LogP contribution >= 0.6 is 23.1 Å². The number of carboxylic acid groups (broad SMARTS) is 1. The van der Waals surface area contributed by atoms with E-state index in [1.54, 1.807) is 18.2 Å². The standard InChI is InChI=1S/C22H15FN2O4S2/c1-29-19-5-3-14(9-16(19)23)21(26)15(8-12-6-7-30-11-12)20(22(27)28)13-2-4-17-18(10-13)25-31-24-17/h2-7,9-11H,8H2,1H3,(H,27,28). The minimum Gasteiger partial charge on any atom is -0.494 e. The fourth-order valence-electron chi connectivity index (χ4n) is 3.23. The molecular formula is C22H15FN2O4S2. The Morgan fingerprint density at radius 1 is 1.06 bits per heavy atom. The van der Waals surface area contributed by atoms with Gasteiger partial charge in [-0.25, -0.2) is 9.18 Å². The number of rotatable bonds is 7. The molecule has 0 amide bonds. The highest BCUT2D eigenvalue weighted by atomic mass is 32.1. The number of carboxylic acids is 1. The van der Waals surface area contributed by atoms with Crippen molar-refractivity contribution < 1.29 is 23.8 Å². The number of hydrogen-bond acceptors (Lipinski definition) is 7. The number of hydrogen-bond donors (Lipinski definition) is 1. The molecular weight excluding hydrogens is 439 g/mol. The van der Waals surface area contributed by atoms with E-state index in [4.69, 9.17) is 4.74 Å². The maximum atomic E-state index is 14.3. The quantitative estimate of drug-likeness (QED) is 0.317. The van der Waals surface area contributed by atoms with Gasteiger partial charge in [-0.1, -0.05) is 6.07 Å². The fraction of sp³-hybridized carbons (Fsp3) is 0.0909. The Bertz CT molecular complexity index is 1310. The average molecular weight is 455 g/mol. The number of carbonyl (C=O) groups is 2. The summed E-state index contributed by atoms with van der Waals surface area (Å²) in [6, 6.07) is 10.5. The number of allylic oxidation sites excluding steroid dienone is 1. The molecule has 0 aliphatic heterocycles. The lowest BCUT2D eigenvalue weighted by molar-refractivity contribution is -0.130. The topological polar surface area (TPSA) is 89.4 Å². The van der Waals surface area contributed by atoms with Gasteiger partial charge in [0.1, 0.15) is 11.0 Å². The SMILES string of the molecule is COc1ccc(C(=O)C(Cc2ccsc2)=C(C(=O)O)c2ccc3nsnc3c2)cc1F. The lowest BCUT2D eigenvalue weighted by Gasteiger charge is -2.13. The molecule has 156 valence electrons. The van der Waals surface area contributed by atoms with E-state index in [0.29, 0.717) is 16.6 Å². The number of carbonyl (C=O) groups excluding carboxylic acids is 1. The van der Waals surface area contributed by atoms with Gasteiger partial charge < -0.3 is 9.84 Å². The molecule has 2 aromatic heterocycles. The molecule has 0 saturated carbocycles. The van der Waals surface area contributed by atoms with Crippen LogP contribution in [0.15, 0.2) is 58.8 Å². The second kappa shape index (κ2) is 8.75. The van der Waals surface area contributed by atoms with E-state index in [1.165, 1.54) is 30.6 Å². The summed E-state index contributed by atoms with van der Waals surface area (Å²) < 4.78 is 27.4. The molecule has 2 heterocycles. The monoisotopic (exact) mass is 454 g/mol. The number of methoxy groups -OCH3 is 1. The number of halogens is 1. The fourth-order valence-corrected chi connectivity index (χ4v) is 4.41. The third-order valence-electron chi connectivity index (χ3n) is 4.71. The van der Waals surface area contributed by atoms with Gasteiger partial charge in [-0.05, 0) is 58.3 Å². The normalized spacial score (nSPS) is 11.9. The number of fused-ring (bicyclic) bond motifs is 1. The van der Waals surface area contributed by atoms with E-state index in [1.807, 2.05) is 16.8 Å². The van der Waals surface area contributed by atoms with Crippen LogP contribution in [0.3, 0.4) is 0 Å². The minimum atomic E-state index is -1.25. The summed E-state index contributed by atoms with van der Waals surface area (Å²) in [6.45, 7) is 0. The first kappa shape index (κ1) is 20.8. The zero-order valence-corrected chi connectivity index (χ0v) is 17.8. The molecule has 0 atom stereocenters. The second-order valence-corrected chi connectivity index (χ2v) is 7.92. The highest BCUT2D eigenvalue weighted by Gasteiger charge is 2.25. The highest BCUT2D eigenvalue weighted by molar-refractivity contribution is 7.08. The van der Waals surface area contributed by atoms with Gasteiger partial charge in [-0.15, -0.1) is 0 Å². The molecule has 0 saturated heterocycles. The first-order valence-corrected chi connectivity index (χ1v) is 10.7. The van der Waals surface area contributed by atoms with Gasteiger partial charge >= 0.3 is 5.97 Å². The van der Waals surface area contributed by atoms with Crippen molar-refractivity contribution in [2.75, 3.05) is 7.11 Å². The summed E-state index contributed by atoms with van der Waals surface area (Å²) in [5.74, 6) is -2.52. The molecule has 2 aromatic carbocycles. The van der Waals surface area contributed by atoms with E-state index in [-0.39, 0.29) is 28.9 Å². The van der Waals surface area contributed by atoms with Crippen LogP contribution in [0.2, 0.25) is 0 Å². The molecule has 4 aromatic rings. The van der Waals surface area contributed by atoms with Crippen LogP contribution in [0.4, 0.5) is 4.39 Å². The smallest absolute Gasteiger partial charge is 0.336 e. The Kier molecular flexibility index (Phi) is 5.88. The van der Waals surface area contributed by atoms with Crippen molar-refractivity contribution in [3.8, 4) is 5.75 Å². The molecule has 0 aliphatic carbocycles. The molecule has 4 rings (SSSR count). The highest BCUT2D eigenvalue weighted by Crippen LogP contribution is 2.29. The molecule has 9 heteroatoms. The van der Waals surface area contributed by atoms with Gasteiger partial charge in [0.25, 0.3) is 0 Å². The van der Waals surface area contributed by atoms with Crippen molar-refractivity contribution >= 4 is 51.4 Å². The van der Waals surface area contributed by atoms with Crippen molar-refractivity contribution in [3.05, 3.63) is 81.3 Å². The average Bonchev–Trinajstić information content (AvgIpc) is 3.44. The van der Waals surface area contributed by atoms with Gasteiger partial charge in [-0.2, -0.15) is 20.1 Å². The first-order chi connectivity index (χ1) is 15.0. The molecule has 0 unspecified atom stereocenters. The van der Waals surface area contributed by atoms with Crippen molar-refractivity contribution in [1.29, 1.82) is 0 Å². The van der Waals surface area contributed by atoms with Gasteiger partial charge in [-0.3, -0.25) is 4.79 Å². The summed E-state index contributed by atoms with van der Waals surface area (Å²) in [4.78, 5) is 25.7. The van der Waals surface area contributed by atoms with E-state index < -0.39 is 17.6 Å². The maximum Gasteiger partial charge on any atom is 0.336 e. The largest absolute Gasteiger partial charge is 0.494 e. The van der Waals surface area contributed by atoms with E-state index in [9.17, 15) is 19.1 Å². The van der Waals surface area contributed by atoms with Gasteiger partial charge in [0.15, 0.2) is 17.3 Å². The van der Waals surface area contributed by atoms with Crippen molar-refractivity contribution in [3.63, 3.8) is 0 Å². The van der Waals surface area contributed by atoms with Crippen LogP contribution in [0.25, 0.3) is 16.6 Å².